The van der Waals surface area contributed by atoms with Gasteiger partial charge in [0.15, 0.2) is 0 Å². The summed E-state index contributed by atoms with van der Waals surface area (Å²) in [4.78, 5) is 14.3. The van der Waals surface area contributed by atoms with E-state index < -0.39 is 0 Å². The Hall–Kier alpha value is -1.18. The van der Waals surface area contributed by atoms with Gasteiger partial charge in [-0.15, -0.1) is 0 Å². The van der Waals surface area contributed by atoms with E-state index in [-0.39, 0.29) is 24.7 Å². The molecule has 0 spiro atoms. The molecule has 0 saturated carbocycles. The number of nitrogens with one attached hydrogen (secondary N) is 1. The number of benzene rings is 1. The highest BCUT2D eigenvalue weighted by atomic mass is 35.5. The monoisotopic (exact) mass is 368 g/mol. The zero-order valence-electron chi connectivity index (χ0n) is 14.4. The number of carbonyl (C=O) groups is 1. The smallest absolute Gasteiger partial charge is 0.246 e. The van der Waals surface area contributed by atoms with Crippen LogP contribution in [0.4, 0.5) is 0 Å². The third kappa shape index (κ3) is 5.15. The van der Waals surface area contributed by atoms with Gasteiger partial charge in [-0.1, -0.05) is 23.7 Å². The van der Waals surface area contributed by atoms with E-state index >= 15 is 0 Å². The summed E-state index contributed by atoms with van der Waals surface area (Å²) in [6, 6.07) is 8.32. The van der Waals surface area contributed by atoms with Crippen LogP contribution in [0.1, 0.15) is 18.1 Å². The van der Waals surface area contributed by atoms with Crippen molar-refractivity contribution in [3.05, 3.63) is 34.9 Å². The van der Waals surface area contributed by atoms with Gasteiger partial charge in [-0.05, 0) is 24.1 Å². The SMILES string of the molecule is COCCOCC(=O)N[C@@H]1C[C@H]2CO[C@@H](c3ccc(Cl)cc3)CN2C1. The Kier molecular flexibility index (Phi) is 6.67. The molecule has 2 aliphatic heterocycles. The van der Waals surface area contributed by atoms with Gasteiger partial charge in [-0.25, -0.2) is 0 Å². The molecule has 3 atom stereocenters. The molecule has 138 valence electrons. The lowest BCUT2D eigenvalue weighted by Gasteiger charge is -2.35. The molecule has 0 aromatic heterocycles. The first-order chi connectivity index (χ1) is 12.2. The van der Waals surface area contributed by atoms with Crippen LogP contribution >= 0.6 is 11.6 Å². The lowest BCUT2D eigenvalue weighted by molar-refractivity contribution is -0.126. The van der Waals surface area contributed by atoms with Crippen molar-refractivity contribution in [2.24, 2.45) is 0 Å². The average Bonchev–Trinajstić information content (AvgIpc) is 3.00. The third-order valence-corrected chi connectivity index (χ3v) is 4.94. The third-order valence-electron chi connectivity index (χ3n) is 4.69. The van der Waals surface area contributed by atoms with Crippen molar-refractivity contribution in [1.29, 1.82) is 0 Å². The molecular formula is C18H25ClN2O4. The number of nitrogens with zero attached hydrogens (tertiary/aromatic N) is 1. The molecule has 0 radical (unpaired) electrons. The van der Waals surface area contributed by atoms with Gasteiger partial charge in [0.25, 0.3) is 0 Å². The van der Waals surface area contributed by atoms with Gasteiger partial charge >= 0.3 is 0 Å². The molecule has 1 aromatic rings. The van der Waals surface area contributed by atoms with Crippen LogP contribution in [0, 0.1) is 0 Å². The topological polar surface area (TPSA) is 60.0 Å². The van der Waals surface area contributed by atoms with E-state index in [1.165, 1.54) is 0 Å². The quantitative estimate of drug-likeness (QED) is 0.741. The van der Waals surface area contributed by atoms with Crippen LogP contribution in [0.3, 0.4) is 0 Å². The molecule has 7 heteroatoms. The minimum Gasteiger partial charge on any atom is -0.382 e. The Morgan fingerprint density at radius 3 is 2.88 bits per heavy atom. The molecule has 2 aliphatic rings. The van der Waals surface area contributed by atoms with Crippen molar-refractivity contribution in [2.45, 2.75) is 24.6 Å². The second-order valence-corrected chi connectivity index (χ2v) is 6.96. The number of rotatable bonds is 7. The summed E-state index contributed by atoms with van der Waals surface area (Å²) >= 11 is 5.95. The fraction of sp³-hybridized carbons (Fsp3) is 0.611. The predicted octanol–water partition coefficient (Wildman–Crippen LogP) is 1.63. The zero-order chi connectivity index (χ0) is 17.6. The number of carbonyl (C=O) groups excluding carboxylic acids is 1. The molecule has 0 aliphatic carbocycles. The summed E-state index contributed by atoms with van der Waals surface area (Å²) < 4.78 is 16.2. The lowest BCUT2D eigenvalue weighted by Crippen LogP contribution is -2.43. The number of morpholine rings is 1. The Bertz CT molecular complexity index is 569. The summed E-state index contributed by atoms with van der Waals surface area (Å²) in [5.74, 6) is -0.0730. The minimum atomic E-state index is -0.0730. The fourth-order valence-corrected chi connectivity index (χ4v) is 3.56. The normalized spacial score (nSPS) is 26.4. The molecule has 1 aromatic carbocycles. The maximum absolute atomic E-state index is 11.9. The van der Waals surface area contributed by atoms with Crippen molar-refractivity contribution in [3.63, 3.8) is 0 Å². The standard InChI is InChI=1S/C18H25ClN2O4/c1-23-6-7-24-12-18(22)20-15-8-16-11-25-17(10-21(16)9-15)13-2-4-14(19)5-3-13/h2-5,15-17H,6-12H2,1H3,(H,20,22)/t15-,16+,17-/m1/s1. The van der Waals surface area contributed by atoms with Crippen LogP contribution in [0.15, 0.2) is 24.3 Å². The van der Waals surface area contributed by atoms with Crippen LogP contribution in [0.5, 0.6) is 0 Å². The number of halogens is 1. The predicted molar refractivity (Wildman–Crippen MR) is 94.7 cm³/mol. The highest BCUT2D eigenvalue weighted by molar-refractivity contribution is 6.30. The van der Waals surface area contributed by atoms with Gasteiger partial charge in [0.2, 0.25) is 5.91 Å². The second-order valence-electron chi connectivity index (χ2n) is 6.53. The highest BCUT2D eigenvalue weighted by Gasteiger charge is 2.38. The molecule has 2 heterocycles. The Balaban J connectivity index is 1.45. The van der Waals surface area contributed by atoms with Crippen LogP contribution in [-0.4, -0.2) is 69.5 Å². The first-order valence-corrected chi connectivity index (χ1v) is 9.00. The van der Waals surface area contributed by atoms with E-state index in [2.05, 4.69) is 10.2 Å². The Morgan fingerprint density at radius 1 is 1.32 bits per heavy atom. The van der Waals surface area contributed by atoms with E-state index in [0.717, 1.165) is 30.1 Å². The van der Waals surface area contributed by atoms with Crippen molar-refractivity contribution in [3.8, 4) is 0 Å². The molecule has 0 unspecified atom stereocenters. The van der Waals surface area contributed by atoms with Crippen LogP contribution in [-0.2, 0) is 19.0 Å². The fourth-order valence-electron chi connectivity index (χ4n) is 3.43. The van der Waals surface area contributed by atoms with E-state index in [1.807, 2.05) is 24.3 Å². The summed E-state index contributed by atoms with van der Waals surface area (Å²) in [5.41, 5.74) is 1.14. The number of methoxy groups -OCH3 is 1. The summed E-state index contributed by atoms with van der Waals surface area (Å²) in [7, 11) is 1.61. The molecule has 25 heavy (non-hydrogen) atoms. The van der Waals surface area contributed by atoms with Crippen molar-refractivity contribution in [2.75, 3.05) is 46.6 Å². The maximum Gasteiger partial charge on any atom is 0.246 e. The molecule has 1 amide bonds. The van der Waals surface area contributed by atoms with Gasteiger partial charge in [0, 0.05) is 37.3 Å². The zero-order valence-corrected chi connectivity index (χ0v) is 15.2. The maximum atomic E-state index is 11.9. The molecule has 6 nitrogen and oxygen atoms in total. The largest absolute Gasteiger partial charge is 0.382 e. The number of ether oxygens (including phenoxy) is 3. The van der Waals surface area contributed by atoms with E-state index in [0.29, 0.717) is 25.9 Å². The lowest BCUT2D eigenvalue weighted by atomic mass is 10.1. The summed E-state index contributed by atoms with van der Waals surface area (Å²) in [6.07, 6.45) is 0.970. The molecule has 0 bridgehead atoms. The van der Waals surface area contributed by atoms with Crippen molar-refractivity contribution in [1.82, 2.24) is 10.2 Å². The number of hydrogen-bond donors (Lipinski definition) is 1. The van der Waals surface area contributed by atoms with Gasteiger partial charge < -0.3 is 19.5 Å². The average molecular weight is 369 g/mol. The van der Waals surface area contributed by atoms with E-state index in [9.17, 15) is 4.79 Å². The van der Waals surface area contributed by atoms with Gasteiger partial charge in [-0.3, -0.25) is 9.69 Å². The number of fused-ring (bicyclic) bond motifs is 1. The molecule has 1 N–H and O–H groups in total. The number of amides is 1. The Labute approximate surface area is 153 Å². The van der Waals surface area contributed by atoms with Gasteiger partial charge in [0.1, 0.15) is 6.61 Å². The van der Waals surface area contributed by atoms with E-state index in [4.69, 9.17) is 25.8 Å². The van der Waals surface area contributed by atoms with Crippen LogP contribution in [0.25, 0.3) is 0 Å². The van der Waals surface area contributed by atoms with Crippen LogP contribution < -0.4 is 5.32 Å². The van der Waals surface area contributed by atoms with Crippen LogP contribution in [0.2, 0.25) is 5.02 Å². The summed E-state index contributed by atoms with van der Waals surface area (Å²) in [6.45, 7) is 3.37. The molecule has 2 fully saturated rings. The molecule has 2 saturated heterocycles. The minimum absolute atomic E-state index is 0.0559. The highest BCUT2D eigenvalue weighted by Crippen LogP contribution is 2.30. The first kappa shape index (κ1) is 18.6. The molecule has 3 rings (SSSR count). The summed E-state index contributed by atoms with van der Waals surface area (Å²) in [5, 5.41) is 3.79. The van der Waals surface area contributed by atoms with Crippen molar-refractivity contribution < 1.29 is 19.0 Å². The van der Waals surface area contributed by atoms with Crippen molar-refractivity contribution >= 4 is 17.5 Å². The van der Waals surface area contributed by atoms with E-state index in [1.54, 1.807) is 7.11 Å². The van der Waals surface area contributed by atoms with Gasteiger partial charge in [-0.2, -0.15) is 0 Å². The Morgan fingerprint density at radius 2 is 2.12 bits per heavy atom. The first-order valence-electron chi connectivity index (χ1n) is 8.63. The van der Waals surface area contributed by atoms with Gasteiger partial charge in [0.05, 0.1) is 25.9 Å². The molecular weight excluding hydrogens is 344 g/mol. The second kappa shape index (κ2) is 8.96. The number of hydrogen-bond acceptors (Lipinski definition) is 5.